The van der Waals surface area contributed by atoms with Gasteiger partial charge in [-0.15, -0.1) is 0 Å². The quantitative estimate of drug-likeness (QED) is 0.300. The Morgan fingerprint density at radius 2 is 2.03 bits per heavy atom. The minimum Gasteiger partial charge on any atom is -0.494 e. The van der Waals surface area contributed by atoms with Gasteiger partial charge in [-0.2, -0.15) is 0 Å². The molecule has 0 aromatic heterocycles. The Kier molecular flexibility index (Phi) is 11.7. The van der Waals surface area contributed by atoms with E-state index in [-0.39, 0.29) is 6.10 Å². The van der Waals surface area contributed by atoms with Crippen LogP contribution in [-0.4, -0.2) is 88.4 Å². The SMILES string of the molecule is CCNC(=NCc1ccc(OCCCN(C)C)cc1)NCC1CN(CC(C)C)CCO1. The Balaban J connectivity index is 1.78. The lowest BCUT2D eigenvalue weighted by molar-refractivity contribution is -0.0284. The molecule has 0 amide bonds. The molecule has 1 fully saturated rings. The zero-order valence-electron chi connectivity index (χ0n) is 20.2. The highest BCUT2D eigenvalue weighted by molar-refractivity contribution is 5.79. The molecule has 1 aliphatic rings. The summed E-state index contributed by atoms with van der Waals surface area (Å²) in [6, 6.07) is 8.23. The van der Waals surface area contributed by atoms with Crippen molar-refractivity contribution in [3.8, 4) is 5.75 Å². The predicted octanol–water partition coefficient (Wildman–Crippen LogP) is 2.43. The van der Waals surface area contributed by atoms with Gasteiger partial charge in [0.05, 0.1) is 25.9 Å². The monoisotopic (exact) mass is 433 g/mol. The average molecular weight is 434 g/mol. The normalized spacial score (nSPS) is 17.9. The lowest BCUT2D eigenvalue weighted by Crippen LogP contribution is -2.50. The van der Waals surface area contributed by atoms with Crippen LogP contribution in [-0.2, 0) is 11.3 Å². The van der Waals surface area contributed by atoms with Crippen molar-refractivity contribution in [3.05, 3.63) is 29.8 Å². The zero-order chi connectivity index (χ0) is 22.5. The number of morpholine rings is 1. The fourth-order valence-electron chi connectivity index (χ4n) is 3.57. The van der Waals surface area contributed by atoms with E-state index in [4.69, 9.17) is 14.5 Å². The van der Waals surface area contributed by atoms with Gasteiger partial charge < -0.3 is 25.0 Å². The van der Waals surface area contributed by atoms with Crippen LogP contribution in [0, 0.1) is 5.92 Å². The van der Waals surface area contributed by atoms with Crippen molar-refractivity contribution in [2.45, 2.75) is 39.8 Å². The van der Waals surface area contributed by atoms with Crippen LogP contribution in [0.3, 0.4) is 0 Å². The molecule has 0 bridgehead atoms. The Labute approximate surface area is 189 Å². The Hall–Kier alpha value is -1.83. The van der Waals surface area contributed by atoms with E-state index < -0.39 is 0 Å². The third-order valence-corrected chi connectivity index (χ3v) is 5.05. The second kappa shape index (κ2) is 14.3. The largest absolute Gasteiger partial charge is 0.494 e. The Morgan fingerprint density at radius 1 is 1.26 bits per heavy atom. The van der Waals surface area contributed by atoms with Crippen LogP contribution in [0.1, 0.15) is 32.8 Å². The van der Waals surface area contributed by atoms with Crippen molar-refractivity contribution in [1.82, 2.24) is 20.4 Å². The maximum Gasteiger partial charge on any atom is 0.191 e. The number of aliphatic imine (C=N–C) groups is 1. The van der Waals surface area contributed by atoms with Crippen LogP contribution in [0.25, 0.3) is 0 Å². The van der Waals surface area contributed by atoms with Crippen molar-refractivity contribution in [2.75, 3.05) is 66.6 Å². The highest BCUT2D eigenvalue weighted by Gasteiger charge is 2.21. The molecule has 1 aromatic carbocycles. The van der Waals surface area contributed by atoms with Crippen molar-refractivity contribution in [3.63, 3.8) is 0 Å². The van der Waals surface area contributed by atoms with E-state index in [1.54, 1.807) is 0 Å². The molecule has 0 aliphatic carbocycles. The minimum absolute atomic E-state index is 0.195. The van der Waals surface area contributed by atoms with Crippen LogP contribution in [0.2, 0.25) is 0 Å². The highest BCUT2D eigenvalue weighted by atomic mass is 16.5. The molecule has 2 rings (SSSR count). The maximum absolute atomic E-state index is 5.94. The number of guanidine groups is 1. The molecule has 1 heterocycles. The van der Waals surface area contributed by atoms with Gasteiger partial charge in [-0.3, -0.25) is 4.90 Å². The number of rotatable bonds is 12. The summed E-state index contributed by atoms with van der Waals surface area (Å²) >= 11 is 0. The molecule has 0 spiro atoms. The topological polar surface area (TPSA) is 61.4 Å². The van der Waals surface area contributed by atoms with E-state index >= 15 is 0 Å². The number of nitrogens with one attached hydrogen (secondary N) is 2. The van der Waals surface area contributed by atoms with Gasteiger partial charge in [-0.1, -0.05) is 26.0 Å². The van der Waals surface area contributed by atoms with Crippen LogP contribution < -0.4 is 15.4 Å². The van der Waals surface area contributed by atoms with Gasteiger partial charge in [-0.25, -0.2) is 4.99 Å². The summed E-state index contributed by atoms with van der Waals surface area (Å²) in [5.41, 5.74) is 1.16. The van der Waals surface area contributed by atoms with Gasteiger partial charge >= 0.3 is 0 Å². The minimum atomic E-state index is 0.195. The van der Waals surface area contributed by atoms with E-state index in [1.807, 2.05) is 12.1 Å². The van der Waals surface area contributed by atoms with Gasteiger partial charge in [0.25, 0.3) is 0 Å². The molecule has 7 heteroatoms. The molecule has 1 aromatic rings. The second-order valence-electron chi connectivity index (χ2n) is 8.87. The number of ether oxygens (including phenoxy) is 2. The average Bonchev–Trinajstić information content (AvgIpc) is 2.74. The summed E-state index contributed by atoms with van der Waals surface area (Å²) in [5.74, 6) is 2.42. The first-order valence-corrected chi connectivity index (χ1v) is 11.7. The second-order valence-corrected chi connectivity index (χ2v) is 8.87. The van der Waals surface area contributed by atoms with E-state index in [9.17, 15) is 0 Å². The van der Waals surface area contributed by atoms with E-state index in [0.29, 0.717) is 12.5 Å². The third-order valence-electron chi connectivity index (χ3n) is 5.05. The van der Waals surface area contributed by atoms with E-state index in [1.165, 1.54) is 0 Å². The number of benzene rings is 1. The van der Waals surface area contributed by atoms with Crippen LogP contribution in [0.15, 0.2) is 29.3 Å². The van der Waals surface area contributed by atoms with Crippen molar-refractivity contribution >= 4 is 5.96 Å². The van der Waals surface area contributed by atoms with Gasteiger partial charge in [-0.05, 0) is 51.1 Å². The Bertz CT molecular complexity index is 633. The zero-order valence-corrected chi connectivity index (χ0v) is 20.2. The Morgan fingerprint density at radius 3 is 2.71 bits per heavy atom. The standard InChI is InChI=1S/C24H43N5O2/c1-6-25-24(27-17-23-19-29(13-15-31-23)18-20(2)3)26-16-21-8-10-22(11-9-21)30-14-7-12-28(4)5/h8-11,20,23H,6-7,12-19H2,1-5H3,(H2,25,26,27). The van der Waals surface area contributed by atoms with Crippen molar-refractivity contribution in [1.29, 1.82) is 0 Å². The van der Waals surface area contributed by atoms with Crippen LogP contribution >= 0.6 is 0 Å². The van der Waals surface area contributed by atoms with Gasteiger partial charge in [0.1, 0.15) is 5.75 Å². The van der Waals surface area contributed by atoms with Gasteiger partial charge in [0.2, 0.25) is 0 Å². The molecule has 1 aliphatic heterocycles. The van der Waals surface area contributed by atoms with E-state index in [0.717, 1.165) is 76.2 Å². The van der Waals surface area contributed by atoms with Gasteiger partial charge in [0.15, 0.2) is 5.96 Å². The third kappa shape index (κ3) is 10.8. The molecule has 31 heavy (non-hydrogen) atoms. The highest BCUT2D eigenvalue weighted by Crippen LogP contribution is 2.13. The lowest BCUT2D eigenvalue weighted by atomic mass is 10.2. The summed E-state index contributed by atoms with van der Waals surface area (Å²) < 4.78 is 11.8. The number of hydrogen-bond donors (Lipinski definition) is 2. The summed E-state index contributed by atoms with van der Waals surface area (Å²) in [4.78, 5) is 9.40. The molecule has 7 nitrogen and oxygen atoms in total. The van der Waals surface area contributed by atoms with Crippen molar-refractivity contribution in [2.24, 2.45) is 10.9 Å². The summed E-state index contributed by atoms with van der Waals surface area (Å²) in [5, 5.41) is 6.78. The molecule has 1 atom stereocenters. The molecule has 0 radical (unpaired) electrons. The first kappa shape index (κ1) is 25.4. The number of hydrogen-bond acceptors (Lipinski definition) is 5. The molecule has 176 valence electrons. The maximum atomic E-state index is 5.94. The first-order chi connectivity index (χ1) is 15.0. The molecular weight excluding hydrogens is 390 g/mol. The number of nitrogens with zero attached hydrogens (tertiary/aromatic N) is 3. The molecule has 1 saturated heterocycles. The molecular formula is C24H43N5O2. The fraction of sp³-hybridized carbons (Fsp3) is 0.708. The van der Waals surface area contributed by atoms with Gasteiger partial charge in [0, 0.05) is 39.3 Å². The lowest BCUT2D eigenvalue weighted by Gasteiger charge is -2.34. The fourth-order valence-corrected chi connectivity index (χ4v) is 3.57. The van der Waals surface area contributed by atoms with Crippen LogP contribution in [0.5, 0.6) is 5.75 Å². The smallest absolute Gasteiger partial charge is 0.191 e. The van der Waals surface area contributed by atoms with E-state index in [2.05, 4.69) is 67.4 Å². The van der Waals surface area contributed by atoms with Crippen LogP contribution in [0.4, 0.5) is 0 Å². The molecule has 1 unspecified atom stereocenters. The predicted molar refractivity (Wildman–Crippen MR) is 129 cm³/mol. The van der Waals surface area contributed by atoms with Crippen molar-refractivity contribution < 1.29 is 9.47 Å². The molecule has 0 saturated carbocycles. The summed E-state index contributed by atoms with van der Waals surface area (Å²) in [6.45, 7) is 14.5. The molecule has 2 N–H and O–H groups in total. The first-order valence-electron chi connectivity index (χ1n) is 11.7. The summed E-state index contributed by atoms with van der Waals surface area (Å²) in [6.07, 6.45) is 1.22. The summed E-state index contributed by atoms with van der Waals surface area (Å²) in [7, 11) is 4.16.